The summed E-state index contributed by atoms with van der Waals surface area (Å²) in [6.07, 6.45) is 0.209. The van der Waals surface area contributed by atoms with Crippen molar-refractivity contribution in [3.05, 3.63) is 28.2 Å². The molecule has 0 fully saturated rings. The molecule has 0 aliphatic carbocycles. The fourth-order valence-electron chi connectivity index (χ4n) is 1.38. The molecule has 1 rings (SSSR count). The summed E-state index contributed by atoms with van der Waals surface area (Å²) in [4.78, 5) is 0. The zero-order valence-corrected chi connectivity index (χ0v) is 12.0. The Bertz CT molecular complexity index is 337. The van der Waals surface area contributed by atoms with Gasteiger partial charge in [-0.2, -0.15) is 0 Å². The first-order chi connectivity index (χ1) is 7.47. The van der Waals surface area contributed by atoms with Crippen LogP contribution in [0.5, 0.6) is 5.75 Å². The molecule has 0 radical (unpaired) electrons. The molecular formula is C13H20BrNO. The number of benzene rings is 1. The number of rotatable bonds is 5. The van der Waals surface area contributed by atoms with Crippen molar-refractivity contribution >= 4 is 15.9 Å². The Labute approximate surface area is 107 Å². The summed E-state index contributed by atoms with van der Waals surface area (Å²) in [5.41, 5.74) is 1.23. The van der Waals surface area contributed by atoms with Crippen molar-refractivity contribution in [2.24, 2.45) is 0 Å². The van der Waals surface area contributed by atoms with E-state index in [2.05, 4.69) is 47.2 Å². The van der Waals surface area contributed by atoms with Crippen LogP contribution >= 0.6 is 15.9 Å². The zero-order valence-electron chi connectivity index (χ0n) is 10.4. The van der Waals surface area contributed by atoms with Crippen molar-refractivity contribution in [1.82, 2.24) is 5.32 Å². The Morgan fingerprint density at radius 1 is 1.19 bits per heavy atom. The maximum absolute atomic E-state index is 5.68. The first kappa shape index (κ1) is 13.5. The van der Waals surface area contributed by atoms with E-state index in [1.807, 2.05) is 19.9 Å². The molecule has 3 heteroatoms. The molecule has 16 heavy (non-hydrogen) atoms. The van der Waals surface area contributed by atoms with Gasteiger partial charge in [0.05, 0.1) is 6.10 Å². The van der Waals surface area contributed by atoms with E-state index in [0.717, 1.165) is 16.8 Å². The number of hydrogen-bond acceptors (Lipinski definition) is 2. The lowest BCUT2D eigenvalue weighted by molar-refractivity contribution is 0.242. The topological polar surface area (TPSA) is 21.3 Å². The molecule has 1 aromatic carbocycles. The first-order valence-corrected chi connectivity index (χ1v) is 6.46. The Hall–Kier alpha value is -0.540. The average molecular weight is 286 g/mol. The van der Waals surface area contributed by atoms with Gasteiger partial charge in [0.25, 0.3) is 0 Å². The molecule has 0 atom stereocenters. The number of ether oxygens (including phenoxy) is 1. The summed E-state index contributed by atoms with van der Waals surface area (Å²) in [5, 5.41) is 3.39. The fraction of sp³-hybridized carbons (Fsp3) is 0.538. The van der Waals surface area contributed by atoms with Crippen LogP contribution in [0.3, 0.4) is 0 Å². The van der Waals surface area contributed by atoms with Gasteiger partial charge in [-0.25, -0.2) is 0 Å². The van der Waals surface area contributed by atoms with Gasteiger partial charge in [0, 0.05) is 17.1 Å². The van der Waals surface area contributed by atoms with Crippen LogP contribution in [0.2, 0.25) is 0 Å². The van der Waals surface area contributed by atoms with E-state index in [1.165, 1.54) is 5.56 Å². The van der Waals surface area contributed by atoms with E-state index in [1.54, 1.807) is 0 Å². The molecule has 0 amide bonds. The highest BCUT2D eigenvalue weighted by molar-refractivity contribution is 9.10. The van der Waals surface area contributed by atoms with Crippen molar-refractivity contribution in [2.45, 2.75) is 46.4 Å². The molecule has 0 aromatic heterocycles. The van der Waals surface area contributed by atoms with Crippen LogP contribution in [0.4, 0.5) is 0 Å². The third-order valence-corrected chi connectivity index (χ3v) is 2.48. The smallest absolute Gasteiger partial charge is 0.121 e. The summed E-state index contributed by atoms with van der Waals surface area (Å²) in [6.45, 7) is 9.22. The summed E-state index contributed by atoms with van der Waals surface area (Å²) in [7, 11) is 0. The molecule has 90 valence electrons. The molecule has 0 heterocycles. The summed E-state index contributed by atoms with van der Waals surface area (Å²) >= 11 is 3.50. The van der Waals surface area contributed by atoms with Crippen LogP contribution in [0, 0.1) is 0 Å². The summed E-state index contributed by atoms with van der Waals surface area (Å²) in [6, 6.07) is 6.69. The van der Waals surface area contributed by atoms with Gasteiger partial charge in [-0.15, -0.1) is 0 Å². The highest BCUT2D eigenvalue weighted by Crippen LogP contribution is 2.22. The van der Waals surface area contributed by atoms with Crippen LogP contribution in [-0.4, -0.2) is 12.1 Å². The predicted molar refractivity (Wildman–Crippen MR) is 71.9 cm³/mol. The van der Waals surface area contributed by atoms with E-state index < -0.39 is 0 Å². The number of nitrogens with one attached hydrogen (secondary N) is 1. The van der Waals surface area contributed by atoms with E-state index in [4.69, 9.17) is 4.74 Å². The van der Waals surface area contributed by atoms with Crippen LogP contribution in [0.1, 0.15) is 33.3 Å². The SMILES string of the molecule is CC(C)NCc1cc(Br)cc(OC(C)C)c1. The third kappa shape index (κ3) is 4.99. The molecule has 0 unspecified atom stereocenters. The second-order valence-corrected chi connectivity index (χ2v) is 5.41. The molecule has 0 saturated heterocycles. The third-order valence-electron chi connectivity index (χ3n) is 2.02. The molecule has 0 aliphatic rings. The van der Waals surface area contributed by atoms with Crippen molar-refractivity contribution in [3.8, 4) is 5.75 Å². The van der Waals surface area contributed by atoms with Gasteiger partial charge in [0.2, 0.25) is 0 Å². The Kier molecular flexibility index (Phi) is 5.29. The lowest BCUT2D eigenvalue weighted by atomic mass is 10.2. The zero-order chi connectivity index (χ0) is 12.1. The highest BCUT2D eigenvalue weighted by atomic mass is 79.9. The van der Waals surface area contributed by atoms with E-state index in [9.17, 15) is 0 Å². The van der Waals surface area contributed by atoms with E-state index in [0.29, 0.717) is 6.04 Å². The lowest BCUT2D eigenvalue weighted by Gasteiger charge is -2.13. The van der Waals surface area contributed by atoms with Gasteiger partial charge in [0.1, 0.15) is 5.75 Å². The van der Waals surface area contributed by atoms with Gasteiger partial charge in [-0.1, -0.05) is 29.8 Å². The summed E-state index contributed by atoms with van der Waals surface area (Å²) < 4.78 is 6.75. The Balaban J connectivity index is 2.73. The largest absolute Gasteiger partial charge is 0.491 e. The van der Waals surface area contributed by atoms with Gasteiger partial charge in [0.15, 0.2) is 0 Å². The van der Waals surface area contributed by atoms with Gasteiger partial charge < -0.3 is 10.1 Å². The highest BCUT2D eigenvalue weighted by Gasteiger charge is 2.03. The molecule has 2 nitrogen and oxygen atoms in total. The van der Waals surface area contributed by atoms with Crippen LogP contribution < -0.4 is 10.1 Å². The molecular weight excluding hydrogens is 266 g/mol. The second kappa shape index (κ2) is 6.26. The maximum atomic E-state index is 5.68. The Morgan fingerprint density at radius 3 is 2.44 bits per heavy atom. The maximum Gasteiger partial charge on any atom is 0.121 e. The van der Waals surface area contributed by atoms with Gasteiger partial charge in [-0.05, 0) is 37.6 Å². The predicted octanol–water partition coefficient (Wildman–Crippen LogP) is 3.73. The number of hydrogen-bond donors (Lipinski definition) is 1. The second-order valence-electron chi connectivity index (χ2n) is 4.50. The van der Waals surface area contributed by atoms with Crippen molar-refractivity contribution in [1.29, 1.82) is 0 Å². The standard InChI is InChI=1S/C13H20BrNO/c1-9(2)15-8-11-5-12(14)7-13(6-11)16-10(3)4/h5-7,9-10,15H,8H2,1-4H3. The van der Waals surface area contributed by atoms with E-state index >= 15 is 0 Å². The average Bonchev–Trinajstić information content (AvgIpc) is 2.12. The fourth-order valence-corrected chi connectivity index (χ4v) is 1.90. The minimum atomic E-state index is 0.209. The van der Waals surface area contributed by atoms with Gasteiger partial charge in [-0.3, -0.25) is 0 Å². The van der Waals surface area contributed by atoms with Crippen molar-refractivity contribution in [2.75, 3.05) is 0 Å². The quantitative estimate of drug-likeness (QED) is 0.890. The molecule has 0 spiro atoms. The molecule has 1 N–H and O–H groups in total. The minimum Gasteiger partial charge on any atom is -0.491 e. The molecule has 0 aliphatic heterocycles. The molecule has 1 aromatic rings. The van der Waals surface area contributed by atoms with Crippen molar-refractivity contribution in [3.63, 3.8) is 0 Å². The van der Waals surface area contributed by atoms with Crippen molar-refractivity contribution < 1.29 is 4.74 Å². The van der Waals surface area contributed by atoms with Crippen LogP contribution in [0.15, 0.2) is 22.7 Å². The molecule has 0 bridgehead atoms. The van der Waals surface area contributed by atoms with Crippen LogP contribution in [-0.2, 0) is 6.54 Å². The lowest BCUT2D eigenvalue weighted by Crippen LogP contribution is -2.21. The summed E-state index contributed by atoms with van der Waals surface area (Å²) in [5.74, 6) is 0.921. The monoisotopic (exact) mass is 285 g/mol. The van der Waals surface area contributed by atoms with E-state index in [-0.39, 0.29) is 6.10 Å². The van der Waals surface area contributed by atoms with Crippen LogP contribution in [0.25, 0.3) is 0 Å². The minimum absolute atomic E-state index is 0.209. The normalized spacial score (nSPS) is 11.2. The van der Waals surface area contributed by atoms with Gasteiger partial charge >= 0.3 is 0 Å². The molecule has 0 saturated carbocycles. The number of halogens is 1. The Morgan fingerprint density at radius 2 is 1.88 bits per heavy atom. The first-order valence-electron chi connectivity index (χ1n) is 5.67.